The van der Waals surface area contributed by atoms with Gasteiger partial charge in [-0.15, -0.1) is 0 Å². The van der Waals surface area contributed by atoms with E-state index in [1.54, 1.807) is 0 Å². The average Bonchev–Trinajstić information content (AvgIpc) is 3.39. The number of esters is 2. The zero-order valence-electron chi connectivity index (χ0n) is 22.2. The summed E-state index contributed by atoms with van der Waals surface area (Å²) in [5.41, 5.74) is 0.124. The van der Waals surface area contributed by atoms with E-state index in [0.717, 1.165) is 37.0 Å². The van der Waals surface area contributed by atoms with E-state index in [1.165, 1.54) is 45.4 Å². The van der Waals surface area contributed by atoms with Crippen molar-refractivity contribution >= 4 is 11.9 Å². The predicted octanol–water partition coefficient (Wildman–Crippen LogP) is 6.28. The normalized spacial score (nSPS) is 48.0. The summed E-state index contributed by atoms with van der Waals surface area (Å²) >= 11 is 0. The lowest BCUT2D eigenvalue weighted by Gasteiger charge is -2.54. The number of ether oxygens (including phenoxy) is 3. The first-order valence-electron chi connectivity index (χ1n) is 14.1. The molecule has 2 heterocycles. The van der Waals surface area contributed by atoms with Gasteiger partial charge in [-0.25, -0.2) is 0 Å². The predicted molar refractivity (Wildman–Crippen MR) is 130 cm³/mol. The van der Waals surface area contributed by atoms with Crippen LogP contribution < -0.4 is 0 Å². The molecule has 192 valence electrons. The zero-order chi connectivity index (χ0) is 24.5. The molecule has 3 saturated carbocycles. The Morgan fingerprint density at radius 1 is 1.06 bits per heavy atom. The Hall–Kier alpha value is -1.10. The molecule has 0 amide bonds. The molecule has 1 spiro atoms. The van der Waals surface area contributed by atoms with Gasteiger partial charge in [0.05, 0.1) is 0 Å². The third-order valence-corrected chi connectivity index (χ3v) is 11.1. The Bertz CT molecular complexity index is 823. The van der Waals surface area contributed by atoms with Gasteiger partial charge in [0, 0.05) is 18.8 Å². The van der Waals surface area contributed by atoms with Crippen LogP contribution in [0.1, 0.15) is 106 Å². The number of hydrogen-bond donors (Lipinski definition) is 0. The molecule has 3 aliphatic carbocycles. The van der Waals surface area contributed by atoms with Crippen LogP contribution in [0.3, 0.4) is 0 Å². The molecule has 10 atom stereocenters. The number of rotatable bonds is 6. The van der Waals surface area contributed by atoms with Crippen LogP contribution in [0.25, 0.3) is 0 Å². The van der Waals surface area contributed by atoms with Gasteiger partial charge in [-0.05, 0) is 79.4 Å². The van der Waals surface area contributed by atoms with Crippen LogP contribution in [-0.4, -0.2) is 29.9 Å². The fraction of sp³-hybridized carbons (Fsp3) is 0.931. The maximum Gasteiger partial charge on any atom is 0.308 e. The first-order valence-corrected chi connectivity index (χ1v) is 14.1. The highest BCUT2D eigenvalue weighted by Crippen LogP contribution is 2.71. The zero-order valence-corrected chi connectivity index (χ0v) is 22.2. The third kappa shape index (κ3) is 3.66. The second-order valence-corrected chi connectivity index (χ2v) is 13.4. The van der Waals surface area contributed by atoms with Crippen LogP contribution in [0.4, 0.5) is 0 Å². The SMILES string of the molecule is CC(=O)O[C@@H]1CC[C@]2(C)[C@H]3CC[C@]4(C)[C@@H]([C@H](C)CCCC(C)C)CC[C@H]4[C@@H]3CC(=O)O[C@]23O[C@H]13. The van der Waals surface area contributed by atoms with Gasteiger partial charge in [-0.3, -0.25) is 9.59 Å². The summed E-state index contributed by atoms with van der Waals surface area (Å²) in [6, 6.07) is 0. The van der Waals surface area contributed by atoms with E-state index in [2.05, 4.69) is 34.6 Å². The number of fused-ring (bicyclic) bond motifs is 4. The van der Waals surface area contributed by atoms with Crippen molar-refractivity contribution in [3.05, 3.63) is 0 Å². The molecule has 0 radical (unpaired) electrons. The molecule has 0 unspecified atom stereocenters. The first kappa shape index (κ1) is 24.6. The second-order valence-electron chi connectivity index (χ2n) is 13.4. The van der Waals surface area contributed by atoms with Gasteiger partial charge in [-0.1, -0.05) is 53.9 Å². The molecule has 5 rings (SSSR count). The van der Waals surface area contributed by atoms with Crippen molar-refractivity contribution in [1.29, 1.82) is 0 Å². The quantitative estimate of drug-likeness (QED) is 0.335. The minimum atomic E-state index is -0.891. The Balaban J connectivity index is 1.36. The van der Waals surface area contributed by atoms with Crippen molar-refractivity contribution in [3.63, 3.8) is 0 Å². The monoisotopic (exact) mass is 474 g/mol. The van der Waals surface area contributed by atoms with Gasteiger partial charge in [0.25, 0.3) is 0 Å². The second kappa shape index (κ2) is 8.49. The molecule has 5 nitrogen and oxygen atoms in total. The van der Waals surface area contributed by atoms with Crippen molar-refractivity contribution < 1.29 is 23.8 Å². The first-order chi connectivity index (χ1) is 16.0. The summed E-state index contributed by atoms with van der Waals surface area (Å²) < 4.78 is 18.0. The number of hydrogen-bond acceptors (Lipinski definition) is 5. The van der Waals surface area contributed by atoms with E-state index in [-0.39, 0.29) is 29.6 Å². The van der Waals surface area contributed by atoms with Crippen LogP contribution in [0.2, 0.25) is 0 Å². The lowest BCUT2D eigenvalue weighted by atomic mass is 9.49. The number of epoxide rings is 1. The molecule has 2 saturated heterocycles. The summed E-state index contributed by atoms with van der Waals surface area (Å²) in [5.74, 6) is 2.39. The Labute approximate surface area is 206 Å². The van der Waals surface area contributed by atoms with Gasteiger partial charge in [-0.2, -0.15) is 0 Å². The molecular weight excluding hydrogens is 428 g/mol. The van der Waals surface area contributed by atoms with Crippen LogP contribution >= 0.6 is 0 Å². The van der Waals surface area contributed by atoms with E-state index in [0.29, 0.717) is 29.6 Å². The summed E-state index contributed by atoms with van der Waals surface area (Å²) in [7, 11) is 0. The van der Waals surface area contributed by atoms with Crippen LogP contribution in [-0.2, 0) is 23.8 Å². The number of carbonyl (C=O) groups excluding carboxylic acids is 2. The van der Waals surface area contributed by atoms with Crippen LogP contribution in [0, 0.1) is 46.3 Å². The Morgan fingerprint density at radius 3 is 2.53 bits per heavy atom. The maximum absolute atomic E-state index is 13.2. The fourth-order valence-corrected chi connectivity index (χ4v) is 9.47. The summed E-state index contributed by atoms with van der Waals surface area (Å²) in [6.07, 6.45) is 10.5. The Morgan fingerprint density at radius 2 is 1.82 bits per heavy atom. The summed E-state index contributed by atoms with van der Waals surface area (Å²) in [6.45, 7) is 13.4. The van der Waals surface area contributed by atoms with Crippen LogP contribution in [0.5, 0.6) is 0 Å². The van der Waals surface area contributed by atoms with Crippen molar-refractivity contribution in [2.45, 2.75) is 124 Å². The van der Waals surface area contributed by atoms with E-state index in [4.69, 9.17) is 14.2 Å². The number of carbonyl (C=O) groups is 2. The molecule has 0 N–H and O–H groups in total. The highest BCUT2D eigenvalue weighted by Gasteiger charge is 2.79. The molecule has 0 aromatic rings. The van der Waals surface area contributed by atoms with Gasteiger partial charge < -0.3 is 14.2 Å². The topological polar surface area (TPSA) is 65.1 Å². The molecule has 2 aliphatic heterocycles. The molecule has 5 fully saturated rings. The Kier molecular flexibility index (Phi) is 6.14. The van der Waals surface area contributed by atoms with Crippen molar-refractivity contribution in [3.8, 4) is 0 Å². The molecule has 0 aromatic carbocycles. The van der Waals surface area contributed by atoms with Gasteiger partial charge >= 0.3 is 11.9 Å². The smallest absolute Gasteiger partial charge is 0.308 e. The van der Waals surface area contributed by atoms with E-state index >= 15 is 0 Å². The molecule has 0 bridgehead atoms. The van der Waals surface area contributed by atoms with Crippen molar-refractivity contribution in [2.24, 2.45) is 46.3 Å². The fourth-order valence-electron chi connectivity index (χ4n) is 9.47. The largest absolute Gasteiger partial charge is 0.460 e. The van der Waals surface area contributed by atoms with Gasteiger partial charge in [0.2, 0.25) is 5.79 Å². The standard InChI is InChI=1S/C29H46O5/c1-17(2)8-7-9-18(3)21-10-11-22-20-16-25(31)33-29-26(34-29)24(32-19(4)30)13-15-28(29,6)23(20)12-14-27(21,22)5/h17-18,20-24,26H,7-16H2,1-6H3/t18-,20+,21-,22+,23+,24-,26-,27-,28-,29-/m1/s1. The minimum absolute atomic E-state index is 0.109. The van der Waals surface area contributed by atoms with Crippen molar-refractivity contribution in [2.75, 3.05) is 0 Å². The van der Waals surface area contributed by atoms with Crippen LogP contribution in [0.15, 0.2) is 0 Å². The molecule has 5 aliphatic rings. The van der Waals surface area contributed by atoms with E-state index in [1.807, 2.05) is 0 Å². The molecular formula is C29H46O5. The minimum Gasteiger partial charge on any atom is -0.460 e. The highest BCUT2D eigenvalue weighted by atomic mass is 16.8. The van der Waals surface area contributed by atoms with Crippen molar-refractivity contribution in [1.82, 2.24) is 0 Å². The van der Waals surface area contributed by atoms with E-state index < -0.39 is 5.79 Å². The lowest BCUT2D eigenvalue weighted by molar-refractivity contribution is -0.182. The third-order valence-electron chi connectivity index (χ3n) is 11.1. The lowest BCUT2D eigenvalue weighted by Crippen LogP contribution is -2.55. The highest BCUT2D eigenvalue weighted by molar-refractivity contribution is 5.71. The van der Waals surface area contributed by atoms with Gasteiger partial charge in [0.15, 0.2) is 6.10 Å². The van der Waals surface area contributed by atoms with E-state index in [9.17, 15) is 9.59 Å². The maximum atomic E-state index is 13.2. The summed E-state index contributed by atoms with van der Waals surface area (Å²) in [4.78, 5) is 24.8. The summed E-state index contributed by atoms with van der Waals surface area (Å²) in [5, 5.41) is 0. The molecule has 0 aromatic heterocycles. The molecule has 5 heteroatoms. The van der Waals surface area contributed by atoms with Gasteiger partial charge in [0.1, 0.15) is 6.10 Å². The molecule has 34 heavy (non-hydrogen) atoms. The average molecular weight is 475 g/mol.